The summed E-state index contributed by atoms with van der Waals surface area (Å²) in [6, 6.07) is 18.3. The fourth-order valence-electron chi connectivity index (χ4n) is 2.83. The highest BCUT2D eigenvalue weighted by Gasteiger charge is 2.26. The van der Waals surface area contributed by atoms with Gasteiger partial charge in [-0.25, -0.2) is 0 Å². The number of hydrogen-bond donors (Lipinski definition) is 1. The standard InChI is InChI=1S/C18H20N2O/c1-20(13-14-7-3-2-4-8-14)18(21)17-11-15-9-5-6-10-16(15)12-19-17/h2-10,17,19H,11-13H2,1H3. The molecule has 0 saturated carbocycles. The lowest BCUT2D eigenvalue weighted by atomic mass is 9.95. The van der Waals surface area contributed by atoms with Crippen LogP contribution >= 0.6 is 0 Å². The van der Waals surface area contributed by atoms with Crippen molar-refractivity contribution < 1.29 is 4.79 Å². The molecule has 1 heterocycles. The van der Waals surface area contributed by atoms with Crippen LogP contribution in [0.25, 0.3) is 0 Å². The van der Waals surface area contributed by atoms with Gasteiger partial charge in [-0.1, -0.05) is 54.6 Å². The lowest BCUT2D eigenvalue weighted by molar-refractivity contribution is -0.132. The summed E-state index contributed by atoms with van der Waals surface area (Å²) in [7, 11) is 1.87. The van der Waals surface area contributed by atoms with Crippen LogP contribution in [0, 0.1) is 0 Å². The van der Waals surface area contributed by atoms with Crippen LogP contribution in [0.5, 0.6) is 0 Å². The Morgan fingerprint density at radius 2 is 1.76 bits per heavy atom. The first-order chi connectivity index (χ1) is 10.2. The van der Waals surface area contributed by atoms with Crippen molar-refractivity contribution in [2.45, 2.75) is 25.6 Å². The summed E-state index contributed by atoms with van der Waals surface area (Å²) in [5.74, 6) is 0.161. The molecule has 3 rings (SSSR count). The third kappa shape index (κ3) is 3.14. The average Bonchev–Trinajstić information content (AvgIpc) is 2.54. The maximum atomic E-state index is 12.6. The summed E-state index contributed by atoms with van der Waals surface area (Å²) in [5.41, 5.74) is 3.74. The van der Waals surface area contributed by atoms with Gasteiger partial charge in [-0.15, -0.1) is 0 Å². The molecule has 1 unspecified atom stereocenters. The number of nitrogens with zero attached hydrogens (tertiary/aromatic N) is 1. The minimum Gasteiger partial charge on any atom is -0.340 e. The zero-order valence-corrected chi connectivity index (χ0v) is 12.3. The number of likely N-dealkylation sites (N-methyl/N-ethyl adjacent to an activating group) is 1. The average molecular weight is 280 g/mol. The van der Waals surface area contributed by atoms with Gasteiger partial charge in [-0.3, -0.25) is 4.79 Å². The maximum absolute atomic E-state index is 12.6. The van der Waals surface area contributed by atoms with E-state index in [9.17, 15) is 4.79 Å². The van der Waals surface area contributed by atoms with E-state index in [1.807, 2.05) is 49.5 Å². The maximum Gasteiger partial charge on any atom is 0.240 e. The van der Waals surface area contributed by atoms with Crippen molar-refractivity contribution in [1.82, 2.24) is 10.2 Å². The molecule has 1 aliphatic heterocycles. The predicted molar refractivity (Wildman–Crippen MR) is 83.7 cm³/mol. The molecule has 1 atom stereocenters. The molecule has 3 nitrogen and oxygen atoms in total. The molecule has 0 radical (unpaired) electrons. The number of nitrogens with one attached hydrogen (secondary N) is 1. The number of amides is 1. The molecule has 1 aliphatic rings. The van der Waals surface area contributed by atoms with Crippen LogP contribution < -0.4 is 5.32 Å². The van der Waals surface area contributed by atoms with Crippen molar-refractivity contribution in [3.63, 3.8) is 0 Å². The summed E-state index contributed by atoms with van der Waals surface area (Å²) >= 11 is 0. The van der Waals surface area contributed by atoms with Gasteiger partial charge in [0.15, 0.2) is 0 Å². The molecule has 1 amide bonds. The van der Waals surface area contributed by atoms with E-state index in [0.29, 0.717) is 6.54 Å². The quantitative estimate of drug-likeness (QED) is 0.936. The van der Waals surface area contributed by atoms with Gasteiger partial charge in [0.1, 0.15) is 0 Å². The SMILES string of the molecule is CN(Cc1ccccc1)C(=O)C1Cc2ccccc2CN1. The Hall–Kier alpha value is -2.13. The first-order valence-corrected chi connectivity index (χ1v) is 7.33. The number of carbonyl (C=O) groups excluding carboxylic acids is 1. The zero-order chi connectivity index (χ0) is 14.7. The molecule has 1 N–H and O–H groups in total. The van der Waals surface area contributed by atoms with Crippen LogP contribution in [-0.4, -0.2) is 23.9 Å². The number of carbonyl (C=O) groups is 1. The fraction of sp³-hybridized carbons (Fsp3) is 0.278. The van der Waals surface area contributed by atoms with Crippen molar-refractivity contribution in [2.75, 3.05) is 7.05 Å². The summed E-state index contributed by atoms with van der Waals surface area (Å²) in [6.07, 6.45) is 0.772. The van der Waals surface area contributed by atoms with E-state index in [-0.39, 0.29) is 11.9 Å². The van der Waals surface area contributed by atoms with E-state index in [2.05, 4.69) is 17.4 Å². The molecular formula is C18H20N2O. The van der Waals surface area contributed by atoms with Gasteiger partial charge in [0, 0.05) is 20.1 Å². The van der Waals surface area contributed by atoms with Crippen LogP contribution in [0.15, 0.2) is 54.6 Å². The summed E-state index contributed by atoms with van der Waals surface area (Å²) in [5, 5.41) is 3.35. The smallest absolute Gasteiger partial charge is 0.240 e. The molecule has 0 aromatic heterocycles. The van der Waals surface area contributed by atoms with Crippen LogP contribution in [-0.2, 0) is 24.3 Å². The summed E-state index contributed by atoms with van der Waals surface area (Å²) in [4.78, 5) is 14.4. The second-order valence-corrected chi connectivity index (χ2v) is 5.59. The number of fused-ring (bicyclic) bond motifs is 1. The third-order valence-corrected chi connectivity index (χ3v) is 4.02. The van der Waals surface area contributed by atoms with E-state index < -0.39 is 0 Å². The summed E-state index contributed by atoms with van der Waals surface area (Å²) < 4.78 is 0. The van der Waals surface area contributed by atoms with Crippen LogP contribution in [0.4, 0.5) is 0 Å². The normalized spacial score (nSPS) is 17.1. The van der Waals surface area contributed by atoms with E-state index >= 15 is 0 Å². The Bertz CT molecular complexity index is 624. The molecule has 108 valence electrons. The highest BCUT2D eigenvalue weighted by Crippen LogP contribution is 2.17. The van der Waals surface area contributed by atoms with Crippen LogP contribution in [0.3, 0.4) is 0 Å². The first kappa shape index (κ1) is 13.8. The second kappa shape index (κ2) is 6.10. The van der Waals surface area contributed by atoms with Crippen LogP contribution in [0.2, 0.25) is 0 Å². The topological polar surface area (TPSA) is 32.3 Å². The van der Waals surface area contributed by atoms with Crippen molar-refractivity contribution in [3.05, 3.63) is 71.3 Å². The van der Waals surface area contributed by atoms with Gasteiger partial charge in [0.2, 0.25) is 5.91 Å². The molecule has 2 aromatic rings. The highest BCUT2D eigenvalue weighted by atomic mass is 16.2. The monoisotopic (exact) mass is 280 g/mol. The van der Waals surface area contributed by atoms with Crippen molar-refractivity contribution in [2.24, 2.45) is 0 Å². The molecule has 0 spiro atoms. The van der Waals surface area contributed by atoms with Crippen molar-refractivity contribution in [1.29, 1.82) is 0 Å². The molecule has 0 bridgehead atoms. The van der Waals surface area contributed by atoms with Gasteiger partial charge in [0.05, 0.1) is 6.04 Å². The minimum absolute atomic E-state index is 0.117. The largest absolute Gasteiger partial charge is 0.340 e. The molecule has 0 saturated heterocycles. The molecule has 0 fully saturated rings. The van der Waals surface area contributed by atoms with E-state index in [0.717, 1.165) is 18.5 Å². The molecule has 21 heavy (non-hydrogen) atoms. The second-order valence-electron chi connectivity index (χ2n) is 5.59. The van der Waals surface area contributed by atoms with Crippen molar-refractivity contribution in [3.8, 4) is 0 Å². The Morgan fingerprint density at radius 3 is 2.52 bits per heavy atom. The Morgan fingerprint density at radius 1 is 1.10 bits per heavy atom. The predicted octanol–water partition coefficient (Wildman–Crippen LogP) is 2.36. The van der Waals surface area contributed by atoms with E-state index in [1.54, 1.807) is 4.90 Å². The van der Waals surface area contributed by atoms with E-state index in [4.69, 9.17) is 0 Å². The molecule has 2 aromatic carbocycles. The number of benzene rings is 2. The molecule has 0 aliphatic carbocycles. The van der Waals surface area contributed by atoms with E-state index in [1.165, 1.54) is 11.1 Å². The first-order valence-electron chi connectivity index (χ1n) is 7.33. The number of rotatable bonds is 3. The van der Waals surface area contributed by atoms with Gasteiger partial charge in [-0.05, 0) is 23.1 Å². The van der Waals surface area contributed by atoms with Crippen LogP contribution in [0.1, 0.15) is 16.7 Å². The lowest BCUT2D eigenvalue weighted by Crippen LogP contribution is -2.48. The summed E-state index contributed by atoms with van der Waals surface area (Å²) in [6.45, 7) is 1.42. The van der Waals surface area contributed by atoms with Gasteiger partial charge >= 0.3 is 0 Å². The lowest BCUT2D eigenvalue weighted by Gasteiger charge is -2.29. The Labute approximate surface area is 125 Å². The van der Waals surface area contributed by atoms with Gasteiger partial charge in [-0.2, -0.15) is 0 Å². The Kier molecular flexibility index (Phi) is 4.02. The van der Waals surface area contributed by atoms with Crippen molar-refractivity contribution >= 4 is 5.91 Å². The van der Waals surface area contributed by atoms with Gasteiger partial charge < -0.3 is 10.2 Å². The third-order valence-electron chi connectivity index (χ3n) is 4.02. The zero-order valence-electron chi connectivity index (χ0n) is 12.3. The molecular weight excluding hydrogens is 260 g/mol. The minimum atomic E-state index is -0.117. The number of hydrogen-bond acceptors (Lipinski definition) is 2. The molecule has 3 heteroatoms. The Balaban J connectivity index is 1.66. The fourth-order valence-corrected chi connectivity index (χ4v) is 2.83. The highest BCUT2D eigenvalue weighted by molar-refractivity contribution is 5.82. The van der Waals surface area contributed by atoms with Gasteiger partial charge in [0.25, 0.3) is 0 Å².